The highest BCUT2D eigenvalue weighted by Gasteiger charge is 2.51. The summed E-state index contributed by atoms with van der Waals surface area (Å²) >= 11 is 0. The van der Waals surface area contributed by atoms with Crippen molar-refractivity contribution in [1.82, 2.24) is 5.32 Å². The quantitative estimate of drug-likeness (QED) is 0.0692. The summed E-state index contributed by atoms with van der Waals surface area (Å²) < 4.78 is 10.7. The van der Waals surface area contributed by atoms with Crippen LogP contribution in [0.15, 0.2) is 41.5 Å². The second kappa shape index (κ2) is 13.7. The van der Waals surface area contributed by atoms with Gasteiger partial charge in [0.05, 0.1) is 35.5 Å². The van der Waals surface area contributed by atoms with Crippen molar-refractivity contribution in [1.29, 1.82) is 0 Å². The second-order valence-corrected chi connectivity index (χ2v) is 13.2. The van der Waals surface area contributed by atoms with E-state index in [4.69, 9.17) is 21.1 Å². The van der Waals surface area contributed by atoms with Gasteiger partial charge in [-0.25, -0.2) is 9.69 Å². The standard InChI is InChI=1S/C33H42N6O8/c1-18(40)26-23(39-29(44)33(8,38-30(39)45)20-11-9-19(10-12-20)16-37-35)14-13-22(36-17-25(42)47-32(5,6)7)27(26)28(43)21(34)15-24(41)46-31(2,3)4/h9-14,16,21,36H,15,17,34-35H2,1-8H3,(H,38,45)/t21-,33+/m0/s1. The molecule has 14 nitrogen and oxygen atoms in total. The summed E-state index contributed by atoms with van der Waals surface area (Å²) in [7, 11) is 0. The first kappa shape index (κ1) is 36.4. The van der Waals surface area contributed by atoms with Gasteiger partial charge in [0.15, 0.2) is 11.6 Å². The molecule has 0 aliphatic carbocycles. The lowest BCUT2D eigenvalue weighted by Crippen LogP contribution is -2.41. The van der Waals surface area contributed by atoms with Crippen LogP contribution in [0.2, 0.25) is 0 Å². The third kappa shape index (κ3) is 8.58. The molecule has 47 heavy (non-hydrogen) atoms. The Hall–Kier alpha value is -5.11. The highest BCUT2D eigenvalue weighted by Crippen LogP contribution is 2.38. The molecule has 2 aromatic rings. The summed E-state index contributed by atoms with van der Waals surface area (Å²) in [5, 5.41) is 8.96. The maximum atomic E-state index is 14.0. The van der Waals surface area contributed by atoms with E-state index in [0.717, 1.165) is 11.8 Å². The molecule has 0 unspecified atom stereocenters. The number of hydrazone groups is 1. The summed E-state index contributed by atoms with van der Waals surface area (Å²) in [4.78, 5) is 80.6. The van der Waals surface area contributed by atoms with E-state index in [1.165, 1.54) is 25.3 Å². The molecule has 3 amide bonds. The van der Waals surface area contributed by atoms with Crippen LogP contribution in [-0.4, -0.2) is 65.4 Å². The fourth-order valence-corrected chi connectivity index (χ4v) is 4.97. The summed E-state index contributed by atoms with van der Waals surface area (Å²) in [5.74, 6) is 1.54. The van der Waals surface area contributed by atoms with Crippen LogP contribution in [0.3, 0.4) is 0 Å². The molecule has 2 atom stereocenters. The zero-order valence-electron chi connectivity index (χ0n) is 27.8. The minimum Gasteiger partial charge on any atom is -0.460 e. The first-order valence-electron chi connectivity index (χ1n) is 14.8. The average molecular weight is 651 g/mol. The predicted octanol–water partition coefficient (Wildman–Crippen LogP) is 3.15. The van der Waals surface area contributed by atoms with E-state index in [0.29, 0.717) is 11.1 Å². The molecule has 0 aromatic heterocycles. The molecule has 6 N–H and O–H groups in total. The number of amides is 3. The number of hydrogen-bond donors (Lipinski definition) is 4. The molecule has 1 heterocycles. The Kier molecular flexibility index (Phi) is 10.6. The Morgan fingerprint density at radius 2 is 1.53 bits per heavy atom. The number of esters is 2. The number of carbonyl (C=O) groups is 6. The molecule has 1 aliphatic heterocycles. The molecule has 2 aromatic carbocycles. The fraction of sp³-hybridized carbons (Fsp3) is 0.424. The van der Waals surface area contributed by atoms with E-state index in [1.54, 1.807) is 65.8 Å². The molecule has 1 saturated heterocycles. The SMILES string of the molecule is CC(=O)c1c(N2C(=O)N[C@](C)(c3ccc(C=NN)cc3)C2=O)ccc(NCC(=O)OC(C)(C)C)c1C(=O)[C@@H](N)CC(=O)OC(C)(C)C. The summed E-state index contributed by atoms with van der Waals surface area (Å²) in [6.07, 6.45) is 0.881. The van der Waals surface area contributed by atoms with E-state index in [1.807, 2.05) is 0 Å². The molecule has 0 radical (unpaired) electrons. The van der Waals surface area contributed by atoms with Crippen LogP contribution < -0.4 is 27.1 Å². The van der Waals surface area contributed by atoms with Crippen LogP contribution in [-0.2, 0) is 29.4 Å². The number of benzene rings is 2. The van der Waals surface area contributed by atoms with Gasteiger partial charge in [0.1, 0.15) is 23.3 Å². The number of carbonyl (C=O) groups excluding carboxylic acids is 6. The third-order valence-corrected chi connectivity index (χ3v) is 6.91. The van der Waals surface area contributed by atoms with E-state index in [9.17, 15) is 28.8 Å². The van der Waals surface area contributed by atoms with Crippen molar-refractivity contribution in [3.63, 3.8) is 0 Å². The minimum absolute atomic E-state index is 0.00132. The first-order chi connectivity index (χ1) is 21.7. The van der Waals surface area contributed by atoms with Crippen LogP contribution in [0, 0.1) is 0 Å². The summed E-state index contributed by atoms with van der Waals surface area (Å²) in [6, 6.07) is 6.90. The van der Waals surface area contributed by atoms with Gasteiger partial charge < -0.3 is 31.7 Å². The number of imide groups is 1. The van der Waals surface area contributed by atoms with Gasteiger partial charge in [-0.1, -0.05) is 24.3 Å². The summed E-state index contributed by atoms with van der Waals surface area (Å²) in [5.41, 5.74) is 3.29. The zero-order valence-corrected chi connectivity index (χ0v) is 27.8. The Labute approximate surface area is 273 Å². The number of ether oxygens (including phenoxy) is 2. The molecule has 0 spiro atoms. The molecule has 1 aliphatic rings. The molecule has 0 bridgehead atoms. The second-order valence-electron chi connectivity index (χ2n) is 13.2. The molecular formula is C33H42N6O8. The predicted molar refractivity (Wildman–Crippen MR) is 175 cm³/mol. The maximum absolute atomic E-state index is 14.0. The Balaban J connectivity index is 2.13. The van der Waals surface area contributed by atoms with Gasteiger partial charge in [-0.3, -0.25) is 24.0 Å². The van der Waals surface area contributed by atoms with Crippen molar-refractivity contribution in [3.8, 4) is 0 Å². The Morgan fingerprint density at radius 1 is 0.957 bits per heavy atom. The monoisotopic (exact) mass is 650 g/mol. The lowest BCUT2D eigenvalue weighted by Gasteiger charge is -2.25. The van der Waals surface area contributed by atoms with Crippen molar-refractivity contribution in [3.05, 3.63) is 58.7 Å². The smallest absolute Gasteiger partial charge is 0.329 e. The third-order valence-electron chi connectivity index (χ3n) is 6.91. The molecule has 1 fully saturated rings. The van der Waals surface area contributed by atoms with Crippen molar-refractivity contribution >= 4 is 53.0 Å². The normalized spacial score (nSPS) is 17.3. The van der Waals surface area contributed by atoms with Crippen LogP contribution in [0.1, 0.15) is 93.7 Å². The molecule has 3 rings (SSSR count). The van der Waals surface area contributed by atoms with E-state index in [-0.39, 0.29) is 22.5 Å². The lowest BCUT2D eigenvalue weighted by molar-refractivity contribution is -0.155. The van der Waals surface area contributed by atoms with E-state index < -0.39 is 71.2 Å². The van der Waals surface area contributed by atoms with Crippen molar-refractivity contribution in [2.24, 2.45) is 16.7 Å². The van der Waals surface area contributed by atoms with Crippen molar-refractivity contribution < 1.29 is 38.2 Å². The van der Waals surface area contributed by atoms with Gasteiger partial charge in [0.25, 0.3) is 5.91 Å². The van der Waals surface area contributed by atoms with Gasteiger partial charge in [0, 0.05) is 5.69 Å². The topological polar surface area (TPSA) is 213 Å². The Morgan fingerprint density at radius 3 is 2.06 bits per heavy atom. The van der Waals surface area contributed by atoms with Crippen molar-refractivity contribution in [2.75, 3.05) is 16.8 Å². The first-order valence-corrected chi connectivity index (χ1v) is 14.8. The number of Topliss-reactive ketones (excluding diaryl/α,β-unsaturated/α-hetero) is 2. The van der Waals surface area contributed by atoms with Gasteiger partial charge in [-0.05, 0) is 78.6 Å². The van der Waals surface area contributed by atoms with Gasteiger partial charge >= 0.3 is 18.0 Å². The van der Waals surface area contributed by atoms with E-state index in [2.05, 4.69) is 15.7 Å². The number of anilines is 2. The maximum Gasteiger partial charge on any atom is 0.329 e. The number of nitrogens with one attached hydrogen (secondary N) is 2. The van der Waals surface area contributed by atoms with Crippen LogP contribution in [0.25, 0.3) is 0 Å². The van der Waals surface area contributed by atoms with Crippen LogP contribution in [0.4, 0.5) is 16.2 Å². The Bertz CT molecular complexity index is 1620. The van der Waals surface area contributed by atoms with Gasteiger partial charge in [-0.15, -0.1) is 0 Å². The van der Waals surface area contributed by atoms with Crippen molar-refractivity contribution in [2.45, 2.75) is 84.6 Å². The van der Waals surface area contributed by atoms with Crippen LogP contribution in [0.5, 0.6) is 0 Å². The van der Waals surface area contributed by atoms with Gasteiger partial charge in [-0.2, -0.15) is 5.10 Å². The average Bonchev–Trinajstić information content (AvgIpc) is 3.17. The highest BCUT2D eigenvalue weighted by molar-refractivity contribution is 6.27. The lowest BCUT2D eigenvalue weighted by atomic mass is 9.90. The van der Waals surface area contributed by atoms with Gasteiger partial charge in [0.2, 0.25) is 0 Å². The molecule has 0 saturated carbocycles. The fourth-order valence-electron chi connectivity index (χ4n) is 4.97. The van der Waals surface area contributed by atoms with E-state index >= 15 is 0 Å². The number of hydrogen-bond acceptors (Lipinski definition) is 12. The summed E-state index contributed by atoms with van der Waals surface area (Å²) in [6.45, 7) is 12.3. The molecule has 252 valence electrons. The number of ketones is 2. The minimum atomic E-state index is -1.55. The highest BCUT2D eigenvalue weighted by atomic mass is 16.6. The van der Waals surface area contributed by atoms with Crippen LogP contribution >= 0.6 is 0 Å². The number of rotatable bonds is 11. The number of nitrogens with zero attached hydrogens (tertiary/aromatic N) is 2. The molecular weight excluding hydrogens is 608 g/mol. The largest absolute Gasteiger partial charge is 0.460 e. The number of urea groups is 1. The number of nitrogens with two attached hydrogens (primary N) is 2. The zero-order chi connectivity index (χ0) is 35.5. The molecule has 14 heteroatoms.